The fraction of sp³-hybridized carbons (Fsp3) is 0.429. The topological polar surface area (TPSA) is 36.5 Å². The Kier molecular flexibility index (Phi) is 6.31. The van der Waals surface area contributed by atoms with E-state index >= 15 is 0 Å². The lowest BCUT2D eigenvalue weighted by atomic mass is 9.87. The van der Waals surface area contributed by atoms with E-state index in [1.807, 2.05) is 6.07 Å². The Hall–Kier alpha value is -2.04. The molecule has 0 bridgehead atoms. The van der Waals surface area contributed by atoms with Gasteiger partial charge in [0, 0.05) is 44.7 Å². The lowest BCUT2D eigenvalue weighted by Crippen LogP contribution is -2.52. The smallest absolute Gasteiger partial charge is 0.0693 e. The van der Waals surface area contributed by atoms with Crippen LogP contribution in [0.1, 0.15) is 12.8 Å². The van der Waals surface area contributed by atoms with Crippen LogP contribution in [0, 0.1) is 0 Å². The van der Waals surface area contributed by atoms with Crippen LogP contribution in [0.2, 0.25) is 0 Å². The number of hydrogen-bond acceptors (Lipinski definition) is 4. The number of methoxy groups -OCH3 is 1. The summed E-state index contributed by atoms with van der Waals surface area (Å²) in [6, 6.07) is 20.9. The van der Waals surface area contributed by atoms with Crippen molar-refractivity contribution in [1.29, 1.82) is 0 Å². The van der Waals surface area contributed by atoms with Crippen LogP contribution in [0.3, 0.4) is 0 Å². The second-order valence-electron chi connectivity index (χ2n) is 6.84. The van der Waals surface area contributed by atoms with Gasteiger partial charge in [-0.15, -0.1) is 0 Å². The zero-order valence-electron chi connectivity index (χ0n) is 15.1. The normalized spacial score (nSPS) is 17.2. The summed E-state index contributed by atoms with van der Waals surface area (Å²) in [6.45, 7) is 4.99. The highest BCUT2D eigenvalue weighted by molar-refractivity contribution is 5.45. The summed E-state index contributed by atoms with van der Waals surface area (Å²) < 4.78 is 5.54. The average molecular weight is 339 g/mol. The van der Waals surface area contributed by atoms with Gasteiger partial charge in [-0.2, -0.15) is 0 Å². The van der Waals surface area contributed by atoms with Crippen molar-refractivity contribution < 1.29 is 4.74 Å². The first kappa shape index (κ1) is 17.8. The van der Waals surface area contributed by atoms with Gasteiger partial charge in [0.1, 0.15) is 0 Å². The largest absolute Gasteiger partial charge is 0.384 e. The van der Waals surface area contributed by atoms with E-state index in [1.54, 1.807) is 7.11 Å². The molecule has 2 aromatic rings. The second kappa shape index (κ2) is 8.88. The molecule has 1 aliphatic rings. The number of nitrogens with one attached hydrogen (secondary N) is 2. The molecule has 4 nitrogen and oxygen atoms in total. The van der Waals surface area contributed by atoms with E-state index in [4.69, 9.17) is 4.74 Å². The standard InChI is InChI=1S/C21H29N3O/c1-25-18-21(23-20-10-6-3-7-11-20)12-15-24(16-13-21)17-14-22-19-8-4-2-5-9-19/h2-11,22-23H,12-18H2,1H3. The van der Waals surface area contributed by atoms with Crippen LogP contribution < -0.4 is 10.6 Å². The first-order valence-corrected chi connectivity index (χ1v) is 9.13. The molecule has 0 aromatic heterocycles. The SMILES string of the molecule is COCC1(Nc2ccccc2)CCN(CCNc2ccccc2)CC1. The van der Waals surface area contributed by atoms with Crippen LogP contribution >= 0.6 is 0 Å². The van der Waals surface area contributed by atoms with Gasteiger partial charge in [-0.25, -0.2) is 0 Å². The van der Waals surface area contributed by atoms with Crippen LogP contribution in [-0.2, 0) is 4.74 Å². The lowest BCUT2D eigenvalue weighted by molar-refractivity contribution is 0.0902. The minimum absolute atomic E-state index is 0.0411. The van der Waals surface area contributed by atoms with Crippen molar-refractivity contribution in [3.8, 4) is 0 Å². The zero-order chi connectivity index (χ0) is 17.4. The summed E-state index contributed by atoms with van der Waals surface area (Å²) in [4.78, 5) is 2.54. The Morgan fingerprint density at radius 1 is 0.920 bits per heavy atom. The number of para-hydroxylation sites is 2. The van der Waals surface area contributed by atoms with Gasteiger partial charge in [0.2, 0.25) is 0 Å². The monoisotopic (exact) mass is 339 g/mol. The highest BCUT2D eigenvalue weighted by atomic mass is 16.5. The van der Waals surface area contributed by atoms with Crippen LogP contribution in [-0.4, -0.2) is 50.3 Å². The van der Waals surface area contributed by atoms with Gasteiger partial charge in [-0.3, -0.25) is 0 Å². The molecule has 1 saturated heterocycles. The van der Waals surface area contributed by atoms with E-state index in [9.17, 15) is 0 Å². The zero-order valence-corrected chi connectivity index (χ0v) is 15.1. The summed E-state index contributed by atoms with van der Waals surface area (Å²) >= 11 is 0. The van der Waals surface area contributed by atoms with Gasteiger partial charge in [-0.05, 0) is 37.1 Å². The molecule has 0 radical (unpaired) electrons. The van der Waals surface area contributed by atoms with Gasteiger partial charge in [0.25, 0.3) is 0 Å². The van der Waals surface area contributed by atoms with Crippen molar-refractivity contribution in [2.75, 3.05) is 50.5 Å². The molecule has 0 amide bonds. The van der Waals surface area contributed by atoms with E-state index in [1.165, 1.54) is 11.4 Å². The number of rotatable bonds is 8. The summed E-state index contributed by atoms with van der Waals surface area (Å²) in [5, 5.41) is 7.23. The fourth-order valence-electron chi connectivity index (χ4n) is 3.53. The predicted molar refractivity (Wildman–Crippen MR) is 105 cm³/mol. The Bertz CT molecular complexity index is 610. The molecule has 3 rings (SSSR count). The van der Waals surface area contributed by atoms with Crippen LogP contribution in [0.5, 0.6) is 0 Å². The van der Waals surface area contributed by atoms with Gasteiger partial charge in [-0.1, -0.05) is 36.4 Å². The molecule has 1 heterocycles. The molecule has 4 heteroatoms. The van der Waals surface area contributed by atoms with Gasteiger partial charge in [0.15, 0.2) is 0 Å². The minimum Gasteiger partial charge on any atom is -0.384 e. The lowest BCUT2D eigenvalue weighted by Gasteiger charge is -2.42. The number of anilines is 2. The number of benzene rings is 2. The molecular formula is C21H29N3O. The second-order valence-corrected chi connectivity index (χ2v) is 6.84. The predicted octanol–water partition coefficient (Wildman–Crippen LogP) is 3.69. The quantitative estimate of drug-likeness (QED) is 0.769. The van der Waals surface area contributed by atoms with Gasteiger partial charge < -0.3 is 20.3 Å². The van der Waals surface area contributed by atoms with Crippen LogP contribution in [0.25, 0.3) is 0 Å². The molecule has 1 fully saturated rings. The number of nitrogens with zero attached hydrogens (tertiary/aromatic N) is 1. The Morgan fingerprint density at radius 2 is 1.52 bits per heavy atom. The van der Waals surface area contributed by atoms with Crippen LogP contribution in [0.4, 0.5) is 11.4 Å². The summed E-state index contributed by atoms with van der Waals surface area (Å²) in [7, 11) is 1.80. The molecule has 134 valence electrons. The molecule has 2 aromatic carbocycles. The van der Waals surface area contributed by atoms with E-state index in [0.717, 1.165) is 45.6 Å². The summed E-state index contributed by atoms with van der Waals surface area (Å²) in [5.74, 6) is 0. The van der Waals surface area contributed by atoms with E-state index in [0.29, 0.717) is 0 Å². The number of piperidine rings is 1. The first-order chi connectivity index (χ1) is 12.3. The maximum absolute atomic E-state index is 5.54. The van der Waals surface area contributed by atoms with E-state index < -0.39 is 0 Å². The summed E-state index contributed by atoms with van der Waals surface area (Å²) in [6.07, 6.45) is 2.20. The Labute approximate surface area is 151 Å². The van der Waals surface area contributed by atoms with Crippen molar-refractivity contribution in [2.24, 2.45) is 0 Å². The number of ether oxygens (including phenoxy) is 1. The third kappa shape index (κ3) is 5.21. The third-order valence-corrected chi connectivity index (χ3v) is 4.95. The van der Waals surface area contributed by atoms with Crippen molar-refractivity contribution in [3.63, 3.8) is 0 Å². The molecule has 0 atom stereocenters. The van der Waals surface area contributed by atoms with E-state index in [-0.39, 0.29) is 5.54 Å². The van der Waals surface area contributed by atoms with E-state index in [2.05, 4.69) is 70.1 Å². The Morgan fingerprint density at radius 3 is 2.12 bits per heavy atom. The third-order valence-electron chi connectivity index (χ3n) is 4.95. The maximum atomic E-state index is 5.54. The van der Waals surface area contributed by atoms with Crippen LogP contribution in [0.15, 0.2) is 60.7 Å². The molecule has 0 spiro atoms. The average Bonchev–Trinajstić information content (AvgIpc) is 2.65. The molecule has 2 N–H and O–H groups in total. The molecule has 25 heavy (non-hydrogen) atoms. The van der Waals surface area contributed by atoms with Crippen molar-refractivity contribution in [2.45, 2.75) is 18.4 Å². The molecular weight excluding hydrogens is 310 g/mol. The van der Waals surface area contributed by atoms with Crippen molar-refractivity contribution >= 4 is 11.4 Å². The number of likely N-dealkylation sites (tertiary alicyclic amines) is 1. The molecule has 0 saturated carbocycles. The van der Waals surface area contributed by atoms with Crippen molar-refractivity contribution in [1.82, 2.24) is 4.90 Å². The highest BCUT2D eigenvalue weighted by Crippen LogP contribution is 2.27. The molecule has 0 unspecified atom stereocenters. The van der Waals surface area contributed by atoms with Gasteiger partial charge >= 0.3 is 0 Å². The molecule has 0 aliphatic carbocycles. The summed E-state index contributed by atoms with van der Waals surface area (Å²) in [5.41, 5.74) is 2.41. The highest BCUT2D eigenvalue weighted by Gasteiger charge is 2.34. The number of hydrogen-bond donors (Lipinski definition) is 2. The molecule has 1 aliphatic heterocycles. The minimum atomic E-state index is 0.0411. The van der Waals surface area contributed by atoms with Crippen molar-refractivity contribution in [3.05, 3.63) is 60.7 Å². The Balaban J connectivity index is 1.48. The fourth-order valence-corrected chi connectivity index (χ4v) is 3.53. The maximum Gasteiger partial charge on any atom is 0.0693 e. The first-order valence-electron chi connectivity index (χ1n) is 9.13. The van der Waals surface area contributed by atoms with Gasteiger partial charge in [0.05, 0.1) is 12.1 Å².